The van der Waals surface area contributed by atoms with Crippen LogP contribution in [-0.2, 0) is 12.0 Å². The van der Waals surface area contributed by atoms with E-state index in [1.54, 1.807) is 0 Å². The molecule has 0 fully saturated rings. The molecule has 0 saturated carbocycles. The van der Waals surface area contributed by atoms with Crippen LogP contribution < -0.4 is 0 Å². The van der Waals surface area contributed by atoms with E-state index in [4.69, 9.17) is 0 Å². The molecule has 0 heterocycles. The number of rotatable bonds is 0. The van der Waals surface area contributed by atoms with Crippen molar-refractivity contribution in [3.05, 3.63) is 34.9 Å². The SMILES string of the molecule is Cc1cccc2c1CCC2(C)O. The van der Waals surface area contributed by atoms with Crippen LogP contribution in [-0.4, -0.2) is 5.11 Å². The lowest BCUT2D eigenvalue weighted by molar-refractivity contribution is 0.0595. The van der Waals surface area contributed by atoms with Gasteiger partial charge in [-0.05, 0) is 43.4 Å². The van der Waals surface area contributed by atoms with Crippen LogP contribution in [0.5, 0.6) is 0 Å². The summed E-state index contributed by atoms with van der Waals surface area (Å²) in [6, 6.07) is 6.17. The van der Waals surface area contributed by atoms with Gasteiger partial charge in [-0.15, -0.1) is 0 Å². The summed E-state index contributed by atoms with van der Waals surface area (Å²) in [4.78, 5) is 0. The Morgan fingerprint density at radius 3 is 2.83 bits per heavy atom. The smallest absolute Gasteiger partial charge is 0.0874 e. The van der Waals surface area contributed by atoms with Gasteiger partial charge < -0.3 is 5.11 Å². The summed E-state index contributed by atoms with van der Waals surface area (Å²) < 4.78 is 0. The Kier molecular flexibility index (Phi) is 1.52. The predicted octanol–water partition coefficient (Wildman–Crippen LogP) is 2.15. The summed E-state index contributed by atoms with van der Waals surface area (Å²) in [6.07, 6.45) is 1.89. The molecule has 0 bridgehead atoms. The van der Waals surface area contributed by atoms with E-state index in [9.17, 15) is 5.11 Å². The Bertz CT molecular complexity index is 313. The first kappa shape index (κ1) is 7.81. The molecule has 2 rings (SSSR count). The van der Waals surface area contributed by atoms with Crippen LogP contribution in [0.4, 0.5) is 0 Å². The summed E-state index contributed by atoms with van der Waals surface area (Å²) in [7, 11) is 0. The van der Waals surface area contributed by atoms with E-state index in [1.165, 1.54) is 11.1 Å². The molecule has 1 atom stereocenters. The first-order valence-corrected chi connectivity index (χ1v) is 4.42. The molecule has 0 aromatic heterocycles. The Morgan fingerprint density at radius 1 is 1.42 bits per heavy atom. The fraction of sp³-hybridized carbons (Fsp3) is 0.455. The van der Waals surface area contributed by atoms with Crippen LogP contribution >= 0.6 is 0 Å². The summed E-state index contributed by atoms with van der Waals surface area (Å²) in [6.45, 7) is 4.01. The molecule has 1 aliphatic rings. The van der Waals surface area contributed by atoms with E-state index in [-0.39, 0.29) is 0 Å². The van der Waals surface area contributed by atoms with E-state index in [0.29, 0.717) is 0 Å². The van der Waals surface area contributed by atoms with Crippen molar-refractivity contribution in [2.24, 2.45) is 0 Å². The average Bonchev–Trinajstić information content (AvgIpc) is 2.30. The van der Waals surface area contributed by atoms with Crippen molar-refractivity contribution in [2.45, 2.75) is 32.3 Å². The zero-order valence-electron chi connectivity index (χ0n) is 7.59. The molecule has 1 N–H and O–H groups in total. The van der Waals surface area contributed by atoms with Gasteiger partial charge in [-0.1, -0.05) is 18.2 Å². The molecular weight excluding hydrogens is 148 g/mol. The van der Waals surface area contributed by atoms with Gasteiger partial charge in [0.25, 0.3) is 0 Å². The number of aliphatic hydroxyl groups is 1. The third kappa shape index (κ3) is 0.969. The van der Waals surface area contributed by atoms with E-state index in [1.807, 2.05) is 19.1 Å². The molecule has 12 heavy (non-hydrogen) atoms. The number of fused-ring (bicyclic) bond motifs is 1. The van der Waals surface area contributed by atoms with Crippen molar-refractivity contribution in [1.29, 1.82) is 0 Å². The Morgan fingerprint density at radius 2 is 2.17 bits per heavy atom. The standard InChI is InChI=1S/C11H14O/c1-8-4-3-5-10-9(8)6-7-11(10,2)12/h3-5,12H,6-7H2,1-2H3. The summed E-state index contributed by atoms with van der Waals surface area (Å²) in [5, 5.41) is 9.97. The predicted molar refractivity (Wildman–Crippen MR) is 49.1 cm³/mol. The van der Waals surface area contributed by atoms with Gasteiger partial charge in [0.15, 0.2) is 0 Å². The lowest BCUT2D eigenvalue weighted by Crippen LogP contribution is -2.16. The van der Waals surface area contributed by atoms with Crippen molar-refractivity contribution in [3.8, 4) is 0 Å². The second kappa shape index (κ2) is 2.33. The number of benzene rings is 1. The molecular formula is C11H14O. The first-order valence-electron chi connectivity index (χ1n) is 4.42. The highest BCUT2D eigenvalue weighted by Gasteiger charge is 2.32. The van der Waals surface area contributed by atoms with Gasteiger partial charge in [0.2, 0.25) is 0 Å². The Balaban J connectivity index is 2.61. The Labute approximate surface area is 73.0 Å². The van der Waals surface area contributed by atoms with Crippen LogP contribution in [0.2, 0.25) is 0 Å². The van der Waals surface area contributed by atoms with E-state index in [2.05, 4.69) is 13.0 Å². The number of aryl methyl sites for hydroxylation is 1. The van der Waals surface area contributed by atoms with Crippen molar-refractivity contribution in [2.75, 3.05) is 0 Å². The monoisotopic (exact) mass is 162 g/mol. The molecule has 0 saturated heterocycles. The van der Waals surface area contributed by atoms with Gasteiger partial charge in [-0.3, -0.25) is 0 Å². The van der Waals surface area contributed by atoms with Gasteiger partial charge in [-0.2, -0.15) is 0 Å². The van der Waals surface area contributed by atoms with Gasteiger partial charge >= 0.3 is 0 Å². The summed E-state index contributed by atoms with van der Waals surface area (Å²) in [5.41, 5.74) is 3.21. The lowest BCUT2D eigenvalue weighted by Gasteiger charge is -2.17. The molecule has 64 valence electrons. The highest BCUT2D eigenvalue weighted by molar-refractivity contribution is 5.41. The van der Waals surface area contributed by atoms with Crippen molar-refractivity contribution < 1.29 is 5.11 Å². The lowest BCUT2D eigenvalue weighted by atomic mass is 9.97. The second-order valence-corrected chi connectivity index (χ2v) is 3.87. The normalized spacial score (nSPS) is 27.2. The summed E-state index contributed by atoms with van der Waals surface area (Å²) in [5.74, 6) is 0. The minimum Gasteiger partial charge on any atom is -0.385 e. The maximum Gasteiger partial charge on any atom is 0.0874 e. The Hall–Kier alpha value is -0.820. The third-order valence-electron chi connectivity index (χ3n) is 2.85. The summed E-state index contributed by atoms with van der Waals surface area (Å²) >= 11 is 0. The molecule has 1 heteroatoms. The van der Waals surface area contributed by atoms with Gasteiger partial charge in [0.1, 0.15) is 0 Å². The second-order valence-electron chi connectivity index (χ2n) is 3.87. The topological polar surface area (TPSA) is 20.2 Å². The molecule has 0 aliphatic heterocycles. The number of hydrogen-bond acceptors (Lipinski definition) is 1. The molecule has 1 nitrogen and oxygen atoms in total. The third-order valence-corrected chi connectivity index (χ3v) is 2.85. The van der Waals surface area contributed by atoms with Crippen LogP contribution in [0.3, 0.4) is 0 Å². The minimum absolute atomic E-state index is 0.582. The molecule has 0 amide bonds. The van der Waals surface area contributed by atoms with Crippen molar-refractivity contribution in [1.82, 2.24) is 0 Å². The molecule has 1 aliphatic carbocycles. The molecule has 0 radical (unpaired) electrons. The quantitative estimate of drug-likeness (QED) is 0.619. The van der Waals surface area contributed by atoms with Gasteiger partial charge in [0, 0.05) is 0 Å². The van der Waals surface area contributed by atoms with E-state index in [0.717, 1.165) is 18.4 Å². The van der Waals surface area contributed by atoms with Crippen molar-refractivity contribution >= 4 is 0 Å². The van der Waals surface area contributed by atoms with E-state index < -0.39 is 5.60 Å². The highest BCUT2D eigenvalue weighted by Crippen LogP contribution is 2.37. The zero-order chi connectivity index (χ0) is 8.77. The van der Waals surface area contributed by atoms with Crippen LogP contribution in [0.15, 0.2) is 18.2 Å². The highest BCUT2D eigenvalue weighted by atomic mass is 16.3. The first-order chi connectivity index (χ1) is 5.61. The van der Waals surface area contributed by atoms with Crippen LogP contribution in [0, 0.1) is 6.92 Å². The maximum atomic E-state index is 9.97. The zero-order valence-corrected chi connectivity index (χ0v) is 7.59. The average molecular weight is 162 g/mol. The van der Waals surface area contributed by atoms with Crippen LogP contribution in [0.1, 0.15) is 30.0 Å². The fourth-order valence-electron chi connectivity index (χ4n) is 2.04. The van der Waals surface area contributed by atoms with Gasteiger partial charge in [-0.25, -0.2) is 0 Å². The molecule has 1 aromatic rings. The fourth-order valence-corrected chi connectivity index (χ4v) is 2.04. The van der Waals surface area contributed by atoms with Crippen molar-refractivity contribution in [3.63, 3.8) is 0 Å². The maximum absolute atomic E-state index is 9.97. The molecule has 0 spiro atoms. The van der Waals surface area contributed by atoms with Gasteiger partial charge in [0.05, 0.1) is 5.60 Å². The molecule has 1 unspecified atom stereocenters. The van der Waals surface area contributed by atoms with E-state index >= 15 is 0 Å². The minimum atomic E-state index is -0.582. The largest absolute Gasteiger partial charge is 0.385 e. The molecule has 1 aromatic carbocycles. The van der Waals surface area contributed by atoms with Crippen LogP contribution in [0.25, 0.3) is 0 Å². The number of hydrogen-bond donors (Lipinski definition) is 1.